The second-order valence-electron chi connectivity index (χ2n) is 5.79. The van der Waals surface area contributed by atoms with Crippen molar-refractivity contribution < 1.29 is 19.4 Å². The zero-order valence-corrected chi connectivity index (χ0v) is 12.2. The first kappa shape index (κ1) is 15.3. The molecule has 0 aromatic carbocycles. The Bertz CT molecular complexity index is 374. The maximum absolute atomic E-state index is 12.4. The number of nitrogens with zero attached hydrogens (tertiary/aromatic N) is 2. The van der Waals surface area contributed by atoms with Crippen LogP contribution in [0.25, 0.3) is 0 Å². The van der Waals surface area contributed by atoms with Crippen molar-refractivity contribution in [1.29, 1.82) is 0 Å². The quantitative estimate of drug-likeness (QED) is 0.739. The van der Waals surface area contributed by atoms with Crippen molar-refractivity contribution >= 4 is 11.9 Å². The summed E-state index contributed by atoms with van der Waals surface area (Å²) in [7, 11) is 1.33. The number of piperidine rings is 1. The van der Waals surface area contributed by atoms with E-state index < -0.39 is 12.1 Å². The number of methoxy groups -OCH3 is 1. The van der Waals surface area contributed by atoms with Crippen LogP contribution in [0.5, 0.6) is 0 Å². The molecule has 2 saturated heterocycles. The van der Waals surface area contributed by atoms with Crippen LogP contribution in [0, 0.1) is 0 Å². The number of ether oxygens (including phenoxy) is 1. The molecule has 6 heteroatoms. The molecule has 6 nitrogen and oxygen atoms in total. The van der Waals surface area contributed by atoms with Crippen molar-refractivity contribution in [3.05, 3.63) is 0 Å². The van der Waals surface area contributed by atoms with E-state index in [1.54, 1.807) is 4.90 Å². The highest BCUT2D eigenvalue weighted by Gasteiger charge is 2.38. The van der Waals surface area contributed by atoms with Crippen LogP contribution < -0.4 is 0 Å². The van der Waals surface area contributed by atoms with Gasteiger partial charge in [-0.15, -0.1) is 0 Å². The highest BCUT2D eigenvalue weighted by atomic mass is 16.5. The number of likely N-dealkylation sites (tertiary alicyclic amines) is 2. The lowest BCUT2D eigenvalue weighted by Crippen LogP contribution is -2.49. The third-order valence-corrected chi connectivity index (χ3v) is 4.32. The topological polar surface area (TPSA) is 70.1 Å². The molecule has 3 atom stereocenters. The SMILES string of the molecule is COC(=O)[C@@H]1C[C@@H](O)CN1CC(=O)N1CCCCC1C. The van der Waals surface area contributed by atoms with E-state index in [2.05, 4.69) is 6.92 Å². The van der Waals surface area contributed by atoms with E-state index in [0.717, 1.165) is 25.8 Å². The number of hydrogen-bond acceptors (Lipinski definition) is 5. The molecule has 0 spiro atoms. The standard InChI is InChI=1S/C14H24N2O4/c1-10-5-3-4-6-16(10)13(18)9-15-8-11(17)7-12(15)14(19)20-2/h10-12,17H,3-9H2,1-2H3/t10?,11-,12+/m1/s1. The maximum Gasteiger partial charge on any atom is 0.323 e. The molecule has 1 amide bonds. The van der Waals surface area contributed by atoms with Gasteiger partial charge in [-0.2, -0.15) is 0 Å². The third kappa shape index (κ3) is 3.30. The number of esters is 1. The van der Waals surface area contributed by atoms with E-state index in [4.69, 9.17) is 4.74 Å². The van der Waals surface area contributed by atoms with Gasteiger partial charge in [0.1, 0.15) is 6.04 Å². The van der Waals surface area contributed by atoms with Crippen molar-refractivity contribution in [2.75, 3.05) is 26.7 Å². The number of β-amino-alcohol motifs (C(OH)–C–C–N with tert-alkyl or cyclic N) is 1. The Balaban J connectivity index is 1.96. The van der Waals surface area contributed by atoms with Gasteiger partial charge >= 0.3 is 5.97 Å². The highest BCUT2D eigenvalue weighted by molar-refractivity contribution is 5.81. The van der Waals surface area contributed by atoms with Crippen LogP contribution in [0.15, 0.2) is 0 Å². The minimum Gasteiger partial charge on any atom is -0.468 e. The Morgan fingerprint density at radius 1 is 1.35 bits per heavy atom. The van der Waals surface area contributed by atoms with E-state index in [9.17, 15) is 14.7 Å². The molecule has 114 valence electrons. The number of carbonyl (C=O) groups excluding carboxylic acids is 2. The molecule has 0 aromatic rings. The number of aliphatic hydroxyl groups excluding tert-OH is 1. The van der Waals surface area contributed by atoms with E-state index in [1.807, 2.05) is 4.90 Å². The number of hydrogen-bond donors (Lipinski definition) is 1. The van der Waals surface area contributed by atoms with Crippen LogP contribution in [0.3, 0.4) is 0 Å². The summed E-state index contributed by atoms with van der Waals surface area (Å²) >= 11 is 0. The Morgan fingerprint density at radius 3 is 2.75 bits per heavy atom. The molecule has 1 unspecified atom stereocenters. The van der Waals surface area contributed by atoms with Gasteiger partial charge in [-0.25, -0.2) is 0 Å². The monoisotopic (exact) mass is 284 g/mol. The number of carbonyl (C=O) groups is 2. The van der Waals surface area contributed by atoms with Crippen LogP contribution >= 0.6 is 0 Å². The summed E-state index contributed by atoms with van der Waals surface area (Å²) in [5.74, 6) is -0.332. The molecule has 1 N–H and O–H groups in total. The minimum absolute atomic E-state index is 0.0419. The molecule has 0 aliphatic carbocycles. The lowest BCUT2D eigenvalue weighted by molar-refractivity contribution is -0.147. The molecule has 0 aromatic heterocycles. The van der Waals surface area contributed by atoms with Gasteiger partial charge in [-0.3, -0.25) is 14.5 Å². The average molecular weight is 284 g/mol. The van der Waals surface area contributed by atoms with Crippen molar-refractivity contribution in [2.45, 2.75) is 50.8 Å². The summed E-state index contributed by atoms with van der Waals surface area (Å²) in [5.41, 5.74) is 0. The van der Waals surface area contributed by atoms with Crippen molar-refractivity contribution in [3.63, 3.8) is 0 Å². The first-order valence-corrected chi connectivity index (χ1v) is 7.32. The molecule has 2 aliphatic rings. The van der Waals surface area contributed by atoms with Crippen molar-refractivity contribution in [2.24, 2.45) is 0 Å². The third-order valence-electron chi connectivity index (χ3n) is 4.32. The second-order valence-corrected chi connectivity index (χ2v) is 5.79. The fourth-order valence-corrected chi connectivity index (χ4v) is 3.17. The summed E-state index contributed by atoms with van der Waals surface area (Å²) in [4.78, 5) is 27.7. The van der Waals surface area contributed by atoms with Gasteiger partial charge in [0.05, 0.1) is 19.8 Å². The van der Waals surface area contributed by atoms with Gasteiger partial charge in [0.15, 0.2) is 0 Å². The van der Waals surface area contributed by atoms with E-state index in [1.165, 1.54) is 7.11 Å². The minimum atomic E-state index is -0.564. The van der Waals surface area contributed by atoms with Crippen LogP contribution in [0.4, 0.5) is 0 Å². The zero-order valence-electron chi connectivity index (χ0n) is 12.2. The van der Waals surface area contributed by atoms with Crippen LogP contribution in [0.2, 0.25) is 0 Å². The first-order valence-electron chi connectivity index (χ1n) is 7.32. The lowest BCUT2D eigenvalue weighted by Gasteiger charge is -2.35. The van der Waals surface area contributed by atoms with Crippen LogP contribution in [-0.2, 0) is 14.3 Å². The number of rotatable bonds is 3. The summed E-state index contributed by atoms with van der Waals surface area (Å²) in [6.45, 7) is 3.39. The average Bonchev–Trinajstić information content (AvgIpc) is 2.79. The molecule has 2 aliphatic heterocycles. The van der Waals surface area contributed by atoms with Crippen LogP contribution in [0.1, 0.15) is 32.6 Å². The number of amides is 1. The lowest BCUT2D eigenvalue weighted by atomic mass is 10.0. The highest BCUT2D eigenvalue weighted by Crippen LogP contribution is 2.21. The Hall–Kier alpha value is -1.14. The summed E-state index contributed by atoms with van der Waals surface area (Å²) < 4.78 is 4.74. The molecular weight excluding hydrogens is 260 g/mol. The summed E-state index contributed by atoms with van der Waals surface area (Å²) in [5, 5.41) is 9.72. The van der Waals surface area contributed by atoms with Crippen molar-refractivity contribution in [1.82, 2.24) is 9.80 Å². The second kappa shape index (κ2) is 6.54. The Kier molecular flexibility index (Phi) is 4.99. The molecule has 0 radical (unpaired) electrons. The first-order chi connectivity index (χ1) is 9.52. The van der Waals surface area contributed by atoms with Gasteiger partial charge in [0.25, 0.3) is 0 Å². The molecular formula is C14H24N2O4. The smallest absolute Gasteiger partial charge is 0.323 e. The predicted molar refractivity (Wildman–Crippen MR) is 73.0 cm³/mol. The fraction of sp³-hybridized carbons (Fsp3) is 0.857. The number of aliphatic hydroxyl groups is 1. The van der Waals surface area contributed by atoms with Gasteiger partial charge in [-0.05, 0) is 26.2 Å². The molecule has 2 fully saturated rings. The van der Waals surface area contributed by atoms with Crippen molar-refractivity contribution in [3.8, 4) is 0 Å². The zero-order chi connectivity index (χ0) is 14.7. The van der Waals surface area contributed by atoms with E-state index >= 15 is 0 Å². The normalized spacial score (nSPS) is 31.4. The van der Waals surface area contributed by atoms with Gasteiger partial charge in [0, 0.05) is 25.6 Å². The van der Waals surface area contributed by atoms with Gasteiger partial charge in [-0.1, -0.05) is 0 Å². The largest absolute Gasteiger partial charge is 0.468 e. The summed E-state index contributed by atoms with van der Waals surface area (Å²) in [6, 6.07) is -0.237. The van der Waals surface area contributed by atoms with E-state index in [0.29, 0.717) is 13.0 Å². The maximum atomic E-state index is 12.4. The molecule has 0 bridgehead atoms. The fourth-order valence-electron chi connectivity index (χ4n) is 3.17. The Morgan fingerprint density at radius 2 is 2.10 bits per heavy atom. The Labute approximate surface area is 119 Å². The van der Waals surface area contributed by atoms with E-state index in [-0.39, 0.29) is 24.5 Å². The molecule has 2 rings (SSSR count). The van der Waals surface area contributed by atoms with Gasteiger partial charge < -0.3 is 14.7 Å². The summed E-state index contributed by atoms with van der Waals surface area (Å²) in [6.07, 6.45) is 3.02. The molecule has 2 heterocycles. The predicted octanol–water partition coefficient (Wildman–Crippen LogP) is -0.00440. The molecule has 0 saturated carbocycles. The van der Waals surface area contributed by atoms with Crippen LogP contribution in [-0.4, -0.2) is 71.7 Å². The molecule has 20 heavy (non-hydrogen) atoms. The van der Waals surface area contributed by atoms with Gasteiger partial charge in [0.2, 0.25) is 5.91 Å².